The molecule has 4 heteroatoms. The Kier molecular flexibility index (Phi) is 7.56. The fraction of sp³-hybridized carbons (Fsp3) is 0.800. The van der Waals surface area contributed by atoms with Crippen molar-refractivity contribution in [2.24, 2.45) is 0 Å². The molecule has 1 N–H and O–H groups in total. The molecule has 0 spiro atoms. The van der Waals surface area contributed by atoms with Crippen LogP contribution in [0.3, 0.4) is 0 Å². The van der Waals surface area contributed by atoms with Crippen LogP contribution in [0.2, 0.25) is 0 Å². The minimum Gasteiger partial charge on any atom is -0.356 e. The molecule has 0 aliphatic rings. The van der Waals surface area contributed by atoms with Crippen LogP contribution in [0.1, 0.15) is 46.5 Å². The Labute approximate surface area is 118 Å². The third-order valence-corrected chi connectivity index (χ3v) is 3.57. The van der Waals surface area contributed by atoms with Crippen molar-refractivity contribution >= 4 is 5.95 Å². The molecule has 0 saturated carbocycles. The van der Waals surface area contributed by atoms with Crippen molar-refractivity contribution in [1.82, 2.24) is 14.5 Å². The molecule has 0 aliphatic carbocycles. The summed E-state index contributed by atoms with van der Waals surface area (Å²) in [5.74, 6) is 1.02. The van der Waals surface area contributed by atoms with Gasteiger partial charge < -0.3 is 14.8 Å². The summed E-state index contributed by atoms with van der Waals surface area (Å²) in [5.41, 5.74) is 0. The molecule has 4 nitrogen and oxygen atoms in total. The van der Waals surface area contributed by atoms with Gasteiger partial charge in [0.2, 0.25) is 5.95 Å². The predicted octanol–water partition coefficient (Wildman–Crippen LogP) is 3.22. The number of rotatable bonds is 10. The van der Waals surface area contributed by atoms with Gasteiger partial charge in [0, 0.05) is 31.5 Å². The summed E-state index contributed by atoms with van der Waals surface area (Å²) in [6.45, 7) is 9.94. The zero-order valence-electron chi connectivity index (χ0n) is 13.0. The van der Waals surface area contributed by atoms with E-state index in [0.29, 0.717) is 6.04 Å². The predicted molar refractivity (Wildman–Crippen MR) is 82.6 cm³/mol. The molecule has 0 saturated heterocycles. The monoisotopic (exact) mass is 266 g/mol. The second kappa shape index (κ2) is 8.97. The van der Waals surface area contributed by atoms with E-state index in [2.05, 4.69) is 53.8 Å². The topological polar surface area (TPSA) is 33.1 Å². The first-order valence-corrected chi connectivity index (χ1v) is 7.60. The molecule has 1 heterocycles. The number of unbranched alkanes of at least 4 members (excludes halogenated alkanes) is 2. The second-order valence-electron chi connectivity index (χ2n) is 5.51. The third-order valence-electron chi connectivity index (χ3n) is 3.57. The van der Waals surface area contributed by atoms with Gasteiger partial charge >= 0.3 is 0 Å². The van der Waals surface area contributed by atoms with Crippen LogP contribution in [-0.2, 0) is 6.54 Å². The van der Waals surface area contributed by atoms with Gasteiger partial charge in [0.15, 0.2) is 0 Å². The molecule has 0 bridgehead atoms. The Morgan fingerprint density at radius 1 is 1.32 bits per heavy atom. The van der Waals surface area contributed by atoms with Crippen LogP contribution in [-0.4, -0.2) is 40.6 Å². The Morgan fingerprint density at radius 2 is 2.11 bits per heavy atom. The van der Waals surface area contributed by atoms with Crippen LogP contribution in [0, 0.1) is 0 Å². The number of hydrogen-bond acceptors (Lipinski definition) is 3. The van der Waals surface area contributed by atoms with Gasteiger partial charge in [-0.3, -0.25) is 0 Å². The Morgan fingerprint density at radius 3 is 2.79 bits per heavy atom. The van der Waals surface area contributed by atoms with Crippen LogP contribution in [0.25, 0.3) is 0 Å². The van der Waals surface area contributed by atoms with E-state index in [1.165, 1.54) is 32.2 Å². The molecule has 1 aromatic rings. The van der Waals surface area contributed by atoms with E-state index in [0.717, 1.165) is 19.0 Å². The minimum atomic E-state index is 0.640. The standard InChI is InChI=1S/C15H30N4/c1-5-6-12-19-13-10-17-15(19)16-9-7-8-11-18(4)14(2)3/h10,13-14H,5-9,11-12H2,1-4H3,(H,16,17). The lowest BCUT2D eigenvalue weighted by Crippen LogP contribution is -2.27. The third kappa shape index (κ3) is 6.10. The maximum atomic E-state index is 4.37. The lowest BCUT2D eigenvalue weighted by molar-refractivity contribution is 0.269. The smallest absolute Gasteiger partial charge is 0.202 e. The van der Waals surface area contributed by atoms with Gasteiger partial charge in [-0.15, -0.1) is 0 Å². The normalized spacial score (nSPS) is 11.5. The highest BCUT2D eigenvalue weighted by Crippen LogP contribution is 2.07. The van der Waals surface area contributed by atoms with E-state index in [1.807, 2.05) is 6.20 Å². The fourth-order valence-corrected chi connectivity index (χ4v) is 1.93. The molecule has 0 radical (unpaired) electrons. The molecule has 1 aromatic heterocycles. The molecule has 0 atom stereocenters. The number of hydrogen-bond donors (Lipinski definition) is 1. The van der Waals surface area contributed by atoms with E-state index < -0.39 is 0 Å². The van der Waals surface area contributed by atoms with Gasteiger partial charge in [-0.2, -0.15) is 0 Å². The molecule has 0 unspecified atom stereocenters. The SMILES string of the molecule is CCCCn1ccnc1NCCCCN(C)C(C)C. The lowest BCUT2D eigenvalue weighted by atomic mass is 10.2. The van der Waals surface area contributed by atoms with Crippen LogP contribution in [0.4, 0.5) is 5.95 Å². The van der Waals surface area contributed by atoms with Crippen molar-refractivity contribution < 1.29 is 0 Å². The van der Waals surface area contributed by atoms with Gasteiger partial charge in [0.05, 0.1) is 0 Å². The average molecular weight is 266 g/mol. The number of imidazole rings is 1. The maximum Gasteiger partial charge on any atom is 0.202 e. The van der Waals surface area contributed by atoms with Crippen molar-refractivity contribution in [2.75, 3.05) is 25.5 Å². The minimum absolute atomic E-state index is 0.640. The van der Waals surface area contributed by atoms with Gasteiger partial charge in [-0.05, 0) is 46.7 Å². The van der Waals surface area contributed by atoms with Crippen LogP contribution in [0.15, 0.2) is 12.4 Å². The first-order chi connectivity index (χ1) is 9.15. The van der Waals surface area contributed by atoms with Gasteiger partial charge in [0.1, 0.15) is 0 Å². The number of aryl methyl sites for hydroxylation is 1. The summed E-state index contributed by atoms with van der Waals surface area (Å²) >= 11 is 0. The highest BCUT2D eigenvalue weighted by molar-refractivity contribution is 5.25. The molecule has 110 valence electrons. The van der Waals surface area contributed by atoms with Gasteiger partial charge in [-0.1, -0.05) is 13.3 Å². The summed E-state index contributed by atoms with van der Waals surface area (Å²) in [5, 5.41) is 3.44. The van der Waals surface area contributed by atoms with Crippen molar-refractivity contribution in [3.8, 4) is 0 Å². The molecule has 19 heavy (non-hydrogen) atoms. The van der Waals surface area contributed by atoms with Crippen molar-refractivity contribution in [1.29, 1.82) is 0 Å². The van der Waals surface area contributed by atoms with E-state index in [9.17, 15) is 0 Å². The Bertz CT molecular complexity index is 333. The van der Waals surface area contributed by atoms with Crippen LogP contribution in [0.5, 0.6) is 0 Å². The molecule has 0 amide bonds. The molecular weight excluding hydrogens is 236 g/mol. The first kappa shape index (κ1) is 16.0. The molecule has 0 fully saturated rings. The van der Waals surface area contributed by atoms with Crippen molar-refractivity contribution in [2.45, 2.75) is 59.0 Å². The number of anilines is 1. The largest absolute Gasteiger partial charge is 0.356 e. The van der Waals surface area contributed by atoms with E-state index in [-0.39, 0.29) is 0 Å². The van der Waals surface area contributed by atoms with Crippen molar-refractivity contribution in [3.63, 3.8) is 0 Å². The van der Waals surface area contributed by atoms with Crippen molar-refractivity contribution in [3.05, 3.63) is 12.4 Å². The zero-order valence-corrected chi connectivity index (χ0v) is 13.0. The highest BCUT2D eigenvalue weighted by atomic mass is 15.2. The average Bonchev–Trinajstić information content (AvgIpc) is 2.83. The van der Waals surface area contributed by atoms with Gasteiger partial charge in [-0.25, -0.2) is 4.98 Å². The van der Waals surface area contributed by atoms with Crippen LogP contribution < -0.4 is 5.32 Å². The summed E-state index contributed by atoms with van der Waals surface area (Å²) in [6.07, 6.45) is 8.80. The van der Waals surface area contributed by atoms with E-state index in [1.54, 1.807) is 0 Å². The number of nitrogens with zero attached hydrogens (tertiary/aromatic N) is 3. The maximum absolute atomic E-state index is 4.37. The summed E-state index contributed by atoms with van der Waals surface area (Å²) in [7, 11) is 2.19. The summed E-state index contributed by atoms with van der Waals surface area (Å²) in [4.78, 5) is 6.76. The number of aromatic nitrogens is 2. The Hall–Kier alpha value is -1.03. The Balaban J connectivity index is 2.17. The summed E-state index contributed by atoms with van der Waals surface area (Å²) < 4.78 is 2.21. The quantitative estimate of drug-likeness (QED) is 0.660. The van der Waals surface area contributed by atoms with E-state index in [4.69, 9.17) is 0 Å². The molecule has 0 aromatic carbocycles. The molecular formula is C15H30N4. The highest BCUT2D eigenvalue weighted by Gasteiger charge is 2.03. The second-order valence-corrected chi connectivity index (χ2v) is 5.51. The molecule has 1 rings (SSSR count). The fourth-order valence-electron chi connectivity index (χ4n) is 1.93. The van der Waals surface area contributed by atoms with Gasteiger partial charge in [0.25, 0.3) is 0 Å². The van der Waals surface area contributed by atoms with E-state index >= 15 is 0 Å². The summed E-state index contributed by atoms with van der Waals surface area (Å²) in [6, 6.07) is 0.640. The molecule has 0 aliphatic heterocycles. The zero-order chi connectivity index (χ0) is 14.1. The lowest BCUT2D eigenvalue weighted by Gasteiger charge is -2.20. The van der Waals surface area contributed by atoms with Crippen LogP contribution >= 0.6 is 0 Å². The first-order valence-electron chi connectivity index (χ1n) is 7.60. The number of nitrogens with one attached hydrogen (secondary N) is 1.